The molecule has 5 heteroatoms. The third kappa shape index (κ3) is 2.33. The first-order valence-electron chi connectivity index (χ1n) is 5.75. The highest BCUT2D eigenvalue weighted by atomic mass is 16.5. The van der Waals surface area contributed by atoms with E-state index in [1.807, 2.05) is 32.0 Å². The number of nitrogens with zero attached hydrogens (tertiary/aromatic N) is 3. The van der Waals surface area contributed by atoms with Crippen LogP contribution in [0, 0.1) is 25.2 Å². The summed E-state index contributed by atoms with van der Waals surface area (Å²) in [5, 5.41) is 8.83. The molecule has 0 saturated heterocycles. The summed E-state index contributed by atoms with van der Waals surface area (Å²) < 4.78 is 5.35. The van der Waals surface area contributed by atoms with Crippen LogP contribution >= 0.6 is 0 Å². The molecule has 0 aliphatic heterocycles. The number of aromatic nitrogens is 2. The lowest BCUT2D eigenvalue weighted by Gasteiger charge is -2.11. The monoisotopic (exact) mass is 254 g/mol. The van der Waals surface area contributed by atoms with E-state index in [2.05, 4.69) is 9.97 Å². The standard InChI is InChI=1S/C14H14N4O/c1-8-4-11(12(19-3)5-9(8)2)14-17-7-10(6-15)13(16)18-14/h4-5,7H,1-3H3,(H2,16,17,18). The van der Waals surface area contributed by atoms with Crippen molar-refractivity contribution in [2.75, 3.05) is 12.8 Å². The summed E-state index contributed by atoms with van der Waals surface area (Å²) >= 11 is 0. The summed E-state index contributed by atoms with van der Waals surface area (Å²) in [6.07, 6.45) is 1.42. The van der Waals surface area contributed by atoms with Crippen LogP contribution in [0.25, 0.3) is 11.4 Å². The number of anilines is 1. The number of nitriles is 1. The maximum Gasteiger partial charge on any atom is 0.165 e. The molecule has 0 amide bonds. The Labute approximate surface area is 111 Å². The van der Waals surface area contributed by atoms with Gasteiger partial charge in [0.25, 0.3) is 0 Å². The summed E-state index contributed by atoms with van der Waals surface area (Å²) in [7, 11) is 1.60. The molecule has 5 nitrogen and oxygen atoms in total. The predicted octanol–water partition coefficient (Wildman–Crippen LogP) is 2.22. The van der Waals surface area contributed by atoms with Crippen LogP contribution in [0.4, 0.5) is 5.82 Å². The van der Waals surface area contributed by atoms with Crippen LogP contribution in [-0.2, 0) is 0 Å². The fourth-order valence-corrected chi connectivity index (χ4v) is 1.74. The smallest absolute Gasteiger partial charge is 0.165 e. The average Bonchev–Trinajstić information content (AvgIpc) is 2.41. The van der Waals surface area contributed by atoms with Crippen LogP contribution in [-0.4, -0.2) is 17.1 Å². The SMILES string of the molecule is COc1cc(C)c(C)cc1-c1ncc(C#N)c(N)n1. The van der Waals surface area contributed by atoms with Crippen LogP contribution in [0.15, 0.2) is 18.3 Å². The highest BCUT2D eigenvalue weighted by Gasteiger charge is 2.12. The molecule has 1 heterocycles. The summed E-state index contributed by atoms with van der Waals surface area (Å²) in [5.74, 6) is 1.32. The Morgan fingerprint density at radius 3 is 2.53 bits per heavy atom. The summed E-state index contributed by atoms with van der Waals surface area (Å²) in [6, 6.07) is 5.83. The van der Waals surface area contributed by atoms with Gasteiger partial charge >= 0.3 is 0 Å². The van der Waals surface area contributed by atoms with Crippen molar-refractivity contribution < 1.29 is 4.74 Å². The van der Waals surface area contributed by atoms with Gasteiger partial charge in [0.15, 0.2) is 5.82 Å². The van der Waals surface area contributed by atoms with Crippen molar-refractivity contribution in [1.82, 2.24) is 9.97 Å². The average molecular weight is 254 g/mol. The molecule has 1 aromatic heterocycles. The number of methoxy groups -OCH3 is 1. The molecule has 19 heavy (non-hydrogen) atoms. The van der Waals surface area contributed by atoms with Crippen molar-refractivity contribution in [3.8, 4) is 23.2 Å². The zero-order valence-corrected chi connectivity index (χ0v) is 11.1. The predicted molar refractivity (Wildman–Crippen MR) is 72.6 cm³/mol. The van der Waals surface area contributed by atoms with Crippen LogP contribution in [0.3, 0.4) is 0 Å². The van der Waals surface area contributed by atoms with Crippen molar-refractivity contribution in [1.29, 1.82) is 5.26 Å². The summed E-state index contributed by atoms with van der Waals surface area (Å²) in [6.45, 7) is 4.01. The largest absolute Gasteiger partial charge is 0.496 e. The molecule has 0 aliphatic carbocycles. The van der Waals surface area contributed by atoms with E-state index in [-0.39, 0.29) is 11.4 Å². The van der Waals surface area contributed by atoms with Gasteiger partial charge in [-0.1, -0.05) is 0 Å². The third-order valence-electron chi connectivity index (χ3n) is 3.00. The fourth-order valence-electron chi connectivity index (χ4n) is 1.74. The molecule has 0 unspecified atom stereocenters. The first kappa shape index (κ1) is 12.8. The fraction of sp³-hybridized carbons (Fsp3) is 0.214. The summed E-state index contributed by atoms with van der Waals surface area (Å²) in [4.78, 5) is 8.32. The molecule has 2 rings (SSSR count). The number of hydrogen-bond acceptors (Lipinski definition) is 5. The molecule has 1 aromatic carbocycles. The Morgan fingerprint density at radius 1 is 1.26 bits per heavy atom. The molecule has 0 aliphatic rings. The van der Waals surface area contributed by atoms with Gasteiger partial charge < -0.3 is 10.5 Å². The van der Waals surface area contributed by atoms with Gasteiger partial charge in [0, 0.05) is 0 Å². The zero-order valence-electron chi connectivity index (χ0n) is 11.1. The van der Waals surface area contributed by atoms with E-state index in [0.29, 0.717) is 11.6 Å². The topological polar surface area (TPSA) is 84.8 Å². The lowest BCUT2D eigenvalue weighted by atomic mass is 10.0. The molecule has 0 spiro atoms. The highest BCUT2D eigenvalue weighted by molar-refractivity contribution is 5.68. The van der Waals surface area contributed by atoms with Gasteiger partial charge in [0.2, 0.25) is 0 Å². The third-order valence-corrected chi connectivity index (χ3v) is 3.00. The van der Waals surface area contributed by atoms with Gasteiger partial charge in [-0.05, 0) is 37.1 Å². The minimum atomic E-state index is 0.174. The number of rotatable bonds is 2. The van der Waals surface area contributed by atoms with E-state index in [1.54, 1.807) is 7.11 Å². The van der Waals surface area contributed by atoms with Crippen LogP contribution < -0.4 is 10.5 Å². The Morgan fingerprint density at radius 2 is 1.95 bits per heavy atom. The molecule has 96 valence electrons. The summed E-state index contributed by atoms with van der Waals surface area (Å²) in [5.41, 5.74) is 8.99. The molecule has 0 saturated carbocycles. The number of ether oxygens (including phenoxy) is 1. The van der Waals surface area contributed by atoms with Crippen LogP contribution in [0.1, 0.15) is 16.7 Å². The number of benzene rings is 1. The van der Waals surface area contributed by atoms with E-state index in [0.717, 1.165) is 16.7 Å². The first-order chi connectivity index (χ1) is 9.06. The number of aryl methyl sites for hydroxylation is 2. The van der Waals surface area contributed by atoms with Gasteiger partial charge in [-0.2, -0.15) is 5.26 Å². The van der Waals surface area contributed by atoms with Crippen LogP contribution in [0.2, 0.25) is 0 Å². The quantitative estimate of drug-likeness (QED) is 0.888. The van der Waals surface area contributed by atoms with Crippen molar-refractivity contribution in [3.63, 3.8) is 0 Å². The van der Waals surface area contributed by atoms with Crippen molar-refractivity contribution >= 4 is 5.82 Å². The molecule has 0 bridgehead atoms. The molecular weight excluding hydrogens is 240 g/mol. The van der Waals surface area contributed by atoms with E-state index >= 15 is 0 Å². The van der Waals surface area contributed by atoms with Crippen molar-refractivity contribution in [2.24, 2.45) is 0 Å². The first-order valence-corrected chi connectivity index (χ1v) is 5.75. The molecule has 2 aromatic rings. The second kappa shape index (κ2) is 4.94. The number of hydrogen-bond donors (Lipinski definition) is 1. The van der Waals surface area contributed by atoms with Gasteiger partial charge in [0.05, 0.1) is 18.9 Å². The molecular formula is C14H14N4O. The Bertz CT molecular complexity index is 674. The maximum absolute atomic E-state index is 8.83. The number of nitrogen functional groups attached to an aromatic ring is 1. The highest BCUT2D eigenvalue weighted by Crippen LogP contribution is 2.30. The van der Waals surface area contributed by atoms with E-state index < -0.39 is 0 Å². The number of nitrogens with two attached hydrogens (primary N) is 1. The van der Waals surface area contributed by atoms with Crippen molar-refractivity contribution in [3.05, 3.63) is 35.0 Å². The van der Waals surface area contributed by atoms with Gasteiger partial charge in [0.1, 0.15) is 23.2 Å². The zero-order chi connectivity index (χ0) is 14.0. The molecule has 0 fully saturated rings. The van der Waals surface area contributed by atoms with Crippen LogP contribution in [0.5, 0.6) is 5.75 Å². The minimum absolute atomic E-state index is 0.174. The van der Waals surface area contributed by atoms with E-state index in [1.165, 1.54) is 6.20 Å². The van der Waals surface area contributed by atoms with E-state index in [9.17, 15) is 0 Å². The minimum Gasteiger partial charge on any atom is -0.496 e. The lowest BCUT2D eigenvalue weighted by molar-refractivity contribution is 0.415. The molecule has 2 N–H and O–H groups in total. The Kier molecular flexibility index (Phi) is 3.34. The van der Waals surface area contributed by atoms with Gasteiger partial charge in [-0.25, -0.2) is 9.97 Å². The van der Waals surface area contributed by atoms with E-state index in [4.69, 9.17) is 15.7 Å². The van der Waals surface area contributed by atoms with Gasteiger partial charge in [-0.3, -0.25) is 0 Å². The molecule has 0 atom stereocenters. The normalized spacial score (nSPS) is 10.0. The molecule has 0 radical (unpaired) electrons. The second-order valence-electron chi connectivity index (χ2n) is 4.24. The Balaban J connectivity index is 2.62. The van der Waals surface area contributed by atoms with Crippen molar-refractivity contribution in [2.45, 2.75) is 13.8 Å². The Hall–Kier alpha value is -2.61. The van der Waals surface area contributed by atoms with Gasteiger partial charge in [-0.15, -0.1) is 0 Å². The second-order valence-corrected chi connectivity index (χ2v) is 4.24. The lowest BCUT2D eigenvalue weighted by Crippen LogP contribution is -2.01. The maximum atomic E-state index is 8.83.